The van der Waals surface area contributed by atoms with E-state index in [0.717, 1.165) is 0 Å². The van der Waals surface area contributed by atoms with Crippen LogP contribution in [0.15, 0.2) is 12.4 Å². The van der Waals surface area contributed by atoms with Crippen molar-refractivity contribution in [3.63, 3.8) is 0 Å². The normalized spacial score (nSPS) is 8.25. The molecule has 4 heteroatoms. The zero-order valence-electron chi connectivity index (χ0n) is 7.53. The molecule has 0 amide bonds. The molecule has 0 spiro atoms. The second-order valence-corrected chi connectivity index (χ2v) is 1.85. The van der Waals surface area contributed by atoms with E-state index in [1.54, 1.807) is 0 Å². The second kappa shape index (κ2) is 5.23. The lowest BCUT2D eigenvalue weighted by Crippen LogP contribution is -2.03. The Kier molecular flexibility index (Phi) is 4.60. The molecular weight excluding hydrogens is 154 g/mol. The third kappa shape index (κ3) is 2.65. The molecule has 2 N–H and O–H groups in total. The summed E-state index contributed by atoms with van der Waals surface area (Å²) in [6, 6.07) is 0. The molecule has 0 aliphatic carbocycles. The van der Waals surface area contributed by atoms with Crippen molar-refractivity contribution >= 4 is 11.6 Å². The van der Waals surface area contributed by atoms with Gasteiger partial charge < -0.3 is 5.73 Å². The van der Waals surface area contributed by atoms with Crippen LogP contribution in [-0.2, 0) is 0 Å². The topological polar surface area (TPSA) is 68.9 Å². The number of carbonyl (C=O) groups is 1. The molecule has 0 saturated carbocycles. The number of nitrogen functional groups attached to an aromatic ring is 1. The first kappa shape index (κ1) is 10.6. The Labute approximate surface area is 71.8 Å². The largest absolute Gasteiger partial charge is 0.382 e. The molecule has 1 aromatic heterocycles. The van der Waals surface area contributed by atoms with Crippen LogP contribution in [0.2, 0.25) is 0 Å². The zero-order chi connectivity index (χ0) is 9.56. The Balaban J connectivity index is 0.000000561. The quantitative estimate of drug-likeness (QED) is 0.640. The summed E-state index contributed by atoms with van der Waals surface area (Å²) in [5.41, 5.74) is 5.57. The molecular formula is C8H13N3O. The molecule has 0 aliphatic heterocycles. The van der Waals surface area contributed by atoms with Crippen molar-refractivity contribution in [1.82, 2.24) is 9.97 Å². The molecule has 66 valence electrons. The van der Waals surface area contributed by atoms with Gasteiger partial charge in [0.25, 0.3) is 0 Å². The Morgan fingerprint density at radius 1 is 1.33 bits per heavy atom. The second-order valence-electron chi connectivity index (χ2n) is 1.85. The van der Waals surface area contributed by atoms with Crippen LogP contribution in [0.4, 0.5) is 5.82 Å². The lowest BCUT2D eigenvalue weighted by atomic mass is 10.3. The SMILES string of the molecule is CC.CC(=O)c1nccnc1N. The van der Waals surface area contributed by atoms with E-state index >= 15 is 0 Å². The molecule has 0 aromatic carbocycles. The van der Waals surface area contributed by atoms with Crippen LogP contribution in [0.1, 0.15) is 31.3 Å². The molecule has 0 unspecified atom stereocenters. The highest BCUT2D eigenvalue weighted by Crippen LogP contribution is 2.02. The number of carbonyl (C=O) groups excluding carboxylic acids is 1. The van der Waals surface area contributed by atoms with Gasteiger partial charge >= 0.3 is 0 Å². The van der Waals surface area contributed by atoms with Crippen LogP contribution in [0.3, 0.4) is 0 Å². The average Bonchev–Trinajstić information content (AvgIpc) is 2.08. The van der Waals surface area contributed by atoms with Gasteiger partial charge in [0.2, 0.25) is 0 Å². The summed E-state index contributed by atoms with van der Waals surface area (Å²) in [5.74, 6) is 0.0283. The molecule has 4 nitrogen and oxygen atoms in total. The maximum atomic E-state index is 10.7. The first-order valence-corrected chi connectivity index (χ1v) is 3.79. The van der Waals surface area contributed by atoms with Crippen molar-refractivity contribution in [2.75, 3.05) is 5.73 Å². The smallest absolute Gasteiger partial charge is 0.181 e. The summed E-state index contributed by atoms with van der Waals surface area (Å²) in [6.45, 7) is 5.40. The minimum atomic E-state index is -0.161. The first-order chi connectivity index (χ1) is 5.72. The van der Waals surface area contributed by atoms with E-state index in [9.17, 15) is 4.79 Å². The fourth-order valence-corrected chi connectivity index (χ4v) is 0.620. The van der Waals surface area contributed by atoms with E-state index in [0.29, 0.717) is 0 Å². The number of nitrogens with two attached hydrogens (primary N) is 1. The Morgan fingerprint density at radius 3 is 2.17 bits per heavy atom. The number of hydrogen-bond acceptors (Lipinski definition) is 4. The highest BCUT2D eigenvalue weighted by molar-refractivity contribution is 5.95. The molecule has 0 bridgehead atoms. The van der Waals surface area contributed by atoms with Gasteiger partial charge in [0.05, 0.1) is 0 Å². The maximum Gasteiger partial charge on any atom is 0.181 e. The highest BCUT2D eigenvalue weighted by Gasteiger charge is 2.04. The van der Waals surface area contributed by atoms with E-state index in [1.165, 1.54) is 19.3 Å². The number of nitrogens with zero attached hydrogens (tertiary/aromatic N) is 2. The van der Waals surface area contributed by atoms with Crippen LogP contribution in [0.5, 0.6) is 0 Å². The number of Topliss-reactive ketones (excluding diaryl/α,β-unsaturated/α-hetero) is 1. The summed E-state index contributed by atoms with van der Waals surface area (Å²) in [5, 5.41) is 0. The van der Waals surface area contributed by atoms with Gasteiger partial charge in [-0.15, -0.1) is 0 Å². The van der Waals surface area contributed by atoms with Crippen LogP contribution >= 0.6 is 0 Å². The Hall–Kier alpha value is -1.45. The van der Waals surface area contributed by atoms with E-state index in [4.69, 9.17) is 5.73 Å². The van der Waals surface area contributed by atoms with Crippen molar-refractivity contribution in [2.45, 2.75) is 20.8 Å². The standard InChI is InChI=1S/C6H7N3O.C2H6/c1-4(10)5-6(7)9-3-2-8-5;1-2/h2-3H,1H3,(H2,7,9);1-2H3. The van der Waals surface area contributed by atoms with Crippen LogP contribution < -0.4 is 5.73 Å². The predicted octanol–water partition coefficient (Wildman–Crippen LogP) is 1.29. The number of rotatable bonds is 1. The maximum absolute atomic E-state index is 10.7. The lowest BCUT2D eigenvalue weighted by molar-refractivity contribution is 0.101. The van der Waals surface area contributed by atoms with Crippen LogP contribution in [-0.4, -0.2) is 15.8 Å². The number of aromatic nitrogens is 2. The predicted molar refractivity (Wildman–Crippen MR) is 47.8 cm³/mol. The summed E-state index contributed by atoms with van der Waals surface area (Å²) in [7, 11) is 0. The van der Waals surface area contributed by atoms with Crippen molar-refractivity contribution in [3.05, 3.63) is 18.1 Å². The highest BCUT2D eigenvalue weighted by atomic mass is 16.1. The van der Waals surface area contributed by atoms with E-state index in [-0.39, 0.29) is 17.3 Å². The van der Waals surface area contributed by atoms with Gasteiger partial charge in [0.1, 0.15) is 5.69 Å². The molecule has 0 aliphatic rings. The minimum Gasteiger partial charge on any atom is -0.382 e. The molecule has 12 heavy (non-hydrogen) atoms. The Morgan fingerprint density at radius 2 is 1.83 bits per heavy atom. The fourth-order valence-electron chi connectivity index (χ4n) is 0.620. The lowest BCUT2D eigenvalue weighted by Gasteiger charge is -1.95. The Bertz CT molecular complexity index is 260. The molecule has 0 saturated heterocycles. The van der Waals surface area contributed by atoms with Gasteiger partial charge in [-0.05, 0) is 0 Å². The van der Waals surface area contributed by atoms with E-state index in [2.05, 4.69) is 9.97 Å². The number of hydrogen-bond donors (Lipinski definition) is 1. The van der Waals surface area contributed by atoms with Crippen molar-refractivity contribution in [2.24, 2.45) is 0 Å². The third-order valence-corrected chi connectivity index (χ3v) is 1.06. The van der Waals surface area contributed by atoms with Gasteiger partial charge in [-0.1, -0.05) is 13.8 Å². The van der Waals surface area contributed by atoms with Gasteiger partial charge in [-0.25, -0.2) is 9.97 Å². The average molecular weight is 167 g/mol. The minimum absolute atomic E-state index is 0.161. The molecule has 0 fully saturated rings. The molecule has 1 aromatic rings. The molecule has 1 rings (SSSR count). The van der Waals surface area contributed by atoms with Crippen LogP contribution in [0, 0.1) is 0 Å². The van der Waals surface area contributed by atoms with Gasteiger partial charge in [-0.2, -0.15) is 0 Å². The van der Waals surface area contributed by atoms with Crippen molar-refractivity contribution < 1.29 is 4.79 Å². The monoisotopic (exact) mass is 167 g/mol. The van der Waals surface area contributed by atoms with Gasteiger partial charge in [-0.3, -0.25) is 4.79 Å². The summed E-state index contributed by atoms with van der Waals surface area (Å²) in [4.78, 5) is 18.1. The van der Waals surface area contributed by atoms with Gasteiger partial charge in [0.15, 0.2) is 11.6 Å². The zero-order valence-corrected chi connectivity index (χ0v) is 7.53. The first-order valence-electron chi connectivity index (χ1n) is 3.79. The molecule has 0 radical (unpaired) electrons. The molecule has 0 atom stereocenters. The fraction of sp³-hybridized carbons (Fsp3) is 0.375. The van der Waals surface area contributed by atoms with Gasteiger partial charge in [0, 0.05) is 19.3 Å². The molecule has 1 heterocycles. The third-order valence-electron chi connectivity index (χ3n) is 1.06. The van der Waals surface area contributed by atoms with Crippen LogP contribution in [0.25, 0.3) is 0 Å². The van der Waals surface area contributed by atoms with E-state index < -0.39 is 0 Å². The summed E-state index contributed by atoms with van der Waals surface area (Å²) < 4.78 is 0. The number of anilines is 1. The summed E-state index contributed by atoms with van der Waals surface area (Å²) >= 11 is 0. The van der Waals surface area contributed by atoms with Crippen molar-refractivity contribution in [3.8, 4) is 0 Å². The number of ketones is 1. The summed E-state index contributed by atoms with van der Waals surface area (Å²) in [6.07, 6.45) is 2.88. The van der Waals surface area contributed by atoms with Crippen molar-refractivity contribution in [1.29, 1.82) is 0 Å². The van der Waals surface area contributed by atoms with E-state index in [1.807, 2.05) is 13.8 Å².